The first-order chi connectivity index (χ1) is 16.0. The quantitative estimate of drug-likeness (QED) is 0.604. The highest BCUT2D eigenvalue weighted by Gasteiger charge is 2.46. The van der Waals surface area contributed by atoms with Gasteiger partial charge in [-0.25, -0.2) is 8.78 Å². The van der Waals surface area contributed by atoms with E-state index in [0.717, 1.165) is 57.2 Å². The van der Waals surface area contributed by atoms with Crippen molar-refractivity contribution in [2.24, 2.45) is 11.0 Å². The molecule has 2 aliphatic heterocycles. The zero-order valence-electron chi connectivity index (χ0n) is 19.0. The second kappa shape index (κ2) is 10.8. The van der Waals surface area contributed by atoms with Crippen molar-refractivity contribution in [3.8, 4) is 0 Å². The normalized spacial score (nSPS) is 24.4. The number of halogens is 2. The monoisotopic (exact) mass is 471 g/mol. The molecule has 1 aliphatic carbocycles. The Morgan fingerprint density at radius 1 is 1.18 bits per heavy atom. The molecule has 4 nitrogen and oxygen atoms in total. The molecule has 1 spiro atoms. The van der Waals surface area contributed by atoms with E-state index in [9.17, 15) is 13.6 Å². The molecule has 0 aromatic heterocycles. The van der Waals surface area contributed by atoms with E-state index in [4.69, 9.17) is 0 Å². The Kier molecular flexibility index (Phi) is 7.81. The molecule has 0 bridgehead atoms. The van der Waals surface area contributed by atoms with Gasteiger partial charge in [0.2, 0.25) is 0 Å². The van der Waals surface area contributed by atoms with Gasteiger partial charge in [-0.2, -0.15) is 5.10 Å². The van der Waals surface area contributed by atoms with Crippen LogP contribution in [0.5, 0.6) is 0 Å². The van der Waals surface area contributed by atoms with Gasteiger partial charge in [0.1, 0.15) is 27.8 Å². The van der Waals surface area contributed by atoms with Crippen LogP contribution < -0.4 is 5.32 Å². The van der Waals surface area contributed by atoms with Crippen molar-refractivity contribution in [3.05, 3.63) is 70.8 Å². The zero-order chi connectivity index (χ0) is 23.3. The molecule has 2 aromatic rings. The van der Waals surface area contributed by atoms with Crippen molar-refractivity contribution in [3.63, 3.8) is 0 Å². The predicted molar refractivity (Wildman–Crippen MR) is 130 cm³/mol. The van der Waals surface area contributed by atoms with Gasteiger partial charge < -0.3 is 10.1 Å². The summed E-state index contributed by atoms with van der Waals surface area (Å²) in [5, 5.41) is 10.3. The van der Waals surface area contributed by atoms with Gasteiger partial charge in [-0.05, 0) is 86.9 Å². The number of aldehydes is 1. The molecule has 3 aliphatic rings. The van der Waals surface area contributed by atoms with Crippen LogP contribution in [0.15, 0.2) is 47.6 Å². The minimum absolute atomic E-state index is 0.238. The fraction of sp³-hybridized carbons (Fsp3) is 0.462. The summed E-state index contributed by atoms with van der Waals surface area (Å²) in [5.74, 6) is -0.225. The third kappa shape index (κ3) is 5.30. The van der Waals surface area contributed by atoms with Crippen LogP contribution >= 0.6 is 11.8 Å². The molecule has 1 fully saturated rings. The lowest BCUT2D eigenvalue weighted by Gasteiger charge is -2.39. The van der Waals surface area contributed by atoms with Gasteiger partial charge in [-0.3, -0.25) is 5.01 Å². The minimum Gasteiger partial charge on any atom is -0.317 e. The van der Waals surface area contributed by atoms with Crippen LogP contribution in [0.3, 0.4) is 0 Å². The summed E-state index contributed by atoms with van der Waals surface area (Å²) in [6, 6.07) is 11.9. The summed E-state index contributed by atoms with van der Waals surface area (Å²) in [6.07, 6.45) is 8.51. The highest BCUT2D eigenvalue weighted by atomic mass is 32.2. The Bertz CT molecular complexity index is 1010. The molecule has 2 aromatic carbocycles. The van der Waals surface area contributed by atoms with Crippen LogP contribution in [-0.2, 0) is 16.1 Å². The largest absolute Gasteiger partial charge is 0.317 e. The van der Waals surface area contributed by atoms with E-state index in [1.54, 1.807) is 0 Å². The van der Waals surface area contributed by atoms with Crippen LogP contribution in [-0.4, -0.2) is 36.5 Å². The number of hydrogen-bond donors (Lipinski definition) is 1. The molecule has 0 radical (unpaired) electrons. The highest BCUT2D eigenvalue weighted by Crippen LogP contribution is 2.52. The molecule has 5 rings (SSSR count). The molecular weight excluding hydrogens is 440 g/mol. The average Bonchev–Trinajstić information content (AvgIpc) is 2.98. The summed E-state index contributed by atoms with van der Waals surface area (Å²) in [5.41, 5.74) is 2.78. The van der Waals surface area contributed by atoms with Crippen LogP contribution in [0.25, 0.3) is 0 Å². The fourth-order valence-electron chi connectivity index (χ4n) is 4.91. The molecule has 0 amide bonds. The lowest BCUT2D eigenvalue weighted by Crippen LogP contribution is -2.37. The van der Waals surface area contributed by atoms with Crippen molar-refractivity contribution in [2.45, 2.75) is 49.8 Å². The van der Waals surface area contributed by atoms with Crippen molar-refractivity contribution in [1.82, 2.24) is 10.3 Å². The Hall–Kier alpha value is -2.25. The molecule has 1 N–H and O–H groups in total. The molecule has 2 atom stereocenters. The Morgan fingerprint density at radius 2 is 2.03 bits per heavy atom. The summed E-state index contributed by atoms with van der Waals surface area (Å²) >= 11 is 1.53. The van der Waals surface area contributed by atoms with Crippen molar-refractivity contribution in [1.29, 1.82) is 0 Å². The molecular formula is C26H31F2N3OS. The Labute approximate surface area is 198 Å². The zero-order valence-corrected chi connectivity index (χ0v) is 19.8. The highest BCUT2D eigenvalue weighted by molar-refractivity contribution is 8.15. The van der Waals surface area contributed by atoms with E-state index in [0.29, 0.717) is 11.0 Å². The number of hydrazone groups is 1. The first-order valence-corrected chi connectivity index (χ1v) is 12.5. The van der Waals surface area contributed by atoms with Crippen molar-refractivity contribution < 1.29 is 13.6 Å². The average molecular weight is 472 g/mol. The summed E-state index contributed by atoms with van der Waals surface area (Å²) in [7, 11) is 1.92. The number of thioether (sulfide) groups is 1. The number of rotatable bonds is 3. The first kappa shape index (κ1) is 23.9. The number of carbonyl (C=O) groups is 1. The molecule has 0 saturated carbocycles. The summed E-state index contributed by atoms with van der Waals surface area (Å²) < 4.78 is 27.6. The maximum Gasteiger partial charge on any atom is 0.134 e. The number of fused-ring (bicyclic) bond motifs is 2. The lowest BCUT2D eigenvalue weighted by molar-refractivity contribution is -0.108. The second-order valence-corrected chi connectivity index (χ2v) is 10.2. The predicted octanol–water partition coefficient (Wildman–Crippen LogP) is 5.46. The molecule has 2 heterocycles. The number of hydrogen-bond acceptors (Lipinski definition) is 5. The van der Waals surface area contributed by atoms with Gasteiger partial charge in [-0.15, -0.1) is 0 Å². The number of benzene rings is 2. The number of nitrogens with one attached hydrogen (secondary N) is 1. The van der Waals surface area contributed by atoms with Crippen LogP contribution in [0.4, 0.5) is 8.78 Å². The van der Waals surface area contributed by atoms with E-state index in [1.165, 1.54) is 48.2 Å². The first-order valence-electron chi connectivity index (χ1n) is 11.7. The van der Waals surface area contributed by atoms with Gasteiger partial charge in [0.05, 0.1) is 0 Å². The number of carbonyl (C=O) groups excluding carboxylic acids is 1. The standard InChI is InChI=1S/C18H16F2N2S.C8H15NO/c1-22-18(10-4-6-12-5-2-3-7-15(12)18)23-17(21-22)14-11-13(19)8-9-16(14)20;10-7-4-8-2-1-5-9-6-3-8/h2-3,5,7-9,11H,4,6,10H2,1H3;7-9H,1-6H2. The molecule has 2 unspecified atom stereocenters. The molecule has 1 saturated heterocycles. The number of aryl methyl sites for hydroxylation is 1. The molecule has 7 heteroatoms. The van der Waals surface area contributed by atoms with Crippen molar-refractivity contribution in [2.75, 3.05) is 20.1 Å². The van der Waals surface area contributed by atoms with E-state index in [1.807, 2.05) is 24.2 Å². The van der Waals surface area contributed by atoms with Gasteiger partial charge >= 0.3 is 0 Å². The molecule has 176 valence electrons. The third-order valence-electron chi connectivity index (χ3n) is 6.71. The summed E-state index contributed by atoms with van der Waals surface area (Å²) in [6.45, 7) is 2.23. The second-order valence-electron chi connectivity index (χ2n) is 8.90. The Morgan fingerprint density at radius 3 is 2.88 bits per heavy atom. The SMILES string of the molecule is CN1N=C(c2cc(F)ccc2F)SC12CCCc1ccccc12.O=CCC1CCCNCC1. The van der Waals surface area contributed by atoms with E-state index >= 15 is 0 Å². The third-order valence-corrected chi connectivity index (χ3v) is 8.23. The minimum atomic E-state index is -0.447. The number of nitrogens with zero attached hydrogens (tertiary/aromatic N) is 2. The summed E-state index contributed by atoms with van der Waals surface area (Å²) in [4.78, 5) is 9.85. The van der Waals surface area contributed by atoms with Crippen LogP contribution in [0.2, 0.25) is 0 Å². The van der Waals surface area contributed by atoms with Crippen LogP contribution in [0.1, 0.15) is 55.2 Å². The lowest BCUT2D eigenvalue weighted by atomic mass is 9.87. The maximum atomic E-state index is 14.1. The fourth-order valence-corrected chi connectivity index (χ4v) is 6.39. The van der Waals surface area contributed by atoms with Gasteiger partial charge in [0.25, 0.3) is 0 Å². The van der Waals surface area contributed by atoms with E-state index in [-0.39, 0.29) is 10.4 Å². The van der Waals surface area contributed by atoms with E-state index in [2.05, 4.69) is 22.6 Å². The van der Waals surface area contributed by atoms with Gasteiger partial charge in [-0.1, -0.05) is 36.0 Å². The van der Waals surface area contributed by atoms with Crippen molar-refractivity contribution >= 4 is 23.1 Å². The van der Waals surface area contributed by atoms with Gasteiger partial charge in [0, 0.05) is 19.0 Å². The topological polar surface area (TPSA) is 44.7 Å². The maximum absolute atomic E-state index is 14.1. The van der Waals surface area contributed by atoms with E-state index < -0.39 is 11.6 Å². The smallest absolute Gasteiger partial charge is 0.134 e. The van der Waals surface area contributed by atoms with Crippen LogP contribution in [0, 0.1) is 17.6 Å². The Balaban J connectivity index is 0.000000219. The van der Waals surface area contributed by atoms with Gasteiger partial charge in [0.15, 0.2) is 0 Å². The molecule has 33 heavy (non-hydrogen) atoms.